The van der Waals surface area contributed by atoms with Crippen molar-refractivity contribution in [3.05, 3.63) is 53.0 Å². The summed E-state index contributed by atoms with van der Waals surface area (Å²) in [6.45, 7) is 0.863. The fraction of sp³-hybridized carbons (Fsp3) is 0.100. The van der Waals surface area contributed by atoms with Crippen molar-refractivity contribution in [2.75, 3.05) is 0 Å². The Morgan fingerprint density at radius 2 is 2.00 bits per heavy atom. The summed E-state index contributed by atoms with van der Waals surface area (Å²) in [7, 11) is 0. The van der Waals surface area contributed by atoms with E-state index in [4.69, 9.17) is 0 Å². The molecule has 1 aromatic carbocycles. The summed E-state index contributed by atoms with van der Waals surface area (Å²) in [5.74, 6) is 0. The lowest BCUT2D eigenvalue weighted by Gasteiger charge is -2.03. The van der Waals surface area contributed by atoms with Crippen LogP contribution in [0.1, 0.15) is 5.56 Å². The molecule has 0 bridgehead atoms. The summed E-state index contributed by atoms with van der Waals surface area (Å²) < 4.78 is 3.06. The zero-order chi connectivity index (χ0) is 9.10. The first-order valence-corrected chi connectivity index (χ1v) is 4.85. The number of halogens is 1. The SMILES string of the molecule is Brc1cncn1Cc1ccccc1. The van der Waals surface area contributed by atoms with Crippen molar-refractivity contribution < 1.29 is 0 Å². The highest BCUT2D eigenvalue weighted by Gasteiger charge is 1.97. The quantitative estimate of drug-likeness (QED) is 0.785. The first-order chi connectivity index (χ1) is 6.36. The molecule has 0 fully saturated rings. The van der Waals surface area contributed by atoms with Crippen LogP contribution in [0.15, 0.2) is 47.5 Å². The third-order valence-corrected chi connectivity index (χ3v) is 2.52. The maximum atomic E-state index is 4.03. The highest BCUT2D eigenvalue weighted by atomic mass is 79.9. The van der Waals surface area contributed by atoms with E-state index < -0.39 is 0 Å². The summed E-state index contributed by atoms with van der Waals surface area (Å²) in [6, 6.07) is 10.3. The molecule has 0 radical (unpaired) electrons. The minimum absolute atomic E-state index is 0.863. The minimum Gasteiger partial charge on any atom is -0.321 e. The molecular weight excluding hydrogens is 228 g/mol. The van der Waals surface area contributed by atoms with Crippen LogP contribution >= 0.6 is 15.9 Å². The maximum absolute atomic E-state index is 4.03. The van der Waals surface area contributed by atoms with Gasteiger partial charge in [0.1, 0.15) is 4.60 Å². The molecule has 0 aliphatic rings. The minimum atomic E-state index is 0.863. The van der Waals surface area contributed by atoms with Gasteiger partial charge in [0.05, 0.1) is 12.5 Å². The summed E-state index contributed by atoms with van der Waals surface area (Å²) in [5.41, 5.74) is 1.28. The van der Waals surface area contributed by atoms with Crippen LogP contribution in [-0.4, -0.2) is 9.55 Å². The first kappa shape index (κ1) is 8.51. The summed E-state index contributed by atoms with van der Waals surface area (Å²) >= 11 is 3.42. The normalized spacial score (nSPS) is 10.2. The van der Waals surface area contributed by atoms with E-state index in [1.54, 1.807) is 6.20 Å². The number of rotatable bonds is 2. The van der Waals surface area contributed by atoms with Gasteiger partial charge in [0.15, 0.2) is 0 Å². The zero-order valence-corrected chi connectivity index (χ0v) is 8.61. The molecule has 0 N–H and O–H groups in total. The Balaban J connectivity index is 2.20. The van der Waals surface area contributed by atoms with E-state index in [2.05, 4.69) is 37.6 Å². The molecule has 2 nitrogen and oxygen atoms in total. The van der Waals surface area contributed by atoms with E-state index >= 15 is 0 Å². The van der Waals surface area contributed by atoms with E-state index in [1.807, 2.05) is 24.5 Å². The molecule has 0 amide bonds. The van der Waals surface area contributed by atoms with Gasteiger partial charge in [-0.05, 0) is 21.5 Å². The molecule has 2 rings (SSSR count). The van der Waals surface area contributed by atoms with E-state index in [0.29, 0.717) is 0 Å². The fourth-order valence-electron chi connectivity index (χ4n) is 1.20. The number of hydrogen-bond acceptors (Lipinski definition) is 1. The van der Waals surface area contributed by atoms with Gasteiger partial charge in [-0.2, -0.15) is 0 Å². The maximum Gasteiger partial charge on any atom is 0.105 e. The zero-order valence-electron chi connectivity index (χ0n) is 7.02. The van der Waals surface area contributed by atoms with E-state index in [1.165, 1.54) is 5.56 Å². The largest absolute Gasteiger partial charge is 0.321 e. The molecule has 0 saturated carbocycles. The average molecular weight is 237 g/mol. The van der Waals surface area contributed by atoms with Crippen LogP contribution in [-0.2, 0) is 6.54 Å². The summed E-state index contributed by atoms with van der Waals surface area (Å²) in [5, 5.41) is 0. The molecule has 0 saturated heterocycles. The Labute approximate surface area is 85.4 Å². The van der Waals surface area contributed by atoms with Gasteiger partial charge in [0.25, 0.3) is 0 Å². The highest BCUT2D eigenvalue weighted by Crippen LogP contribution is 2.10. The lowest BCUT2D eigenvalue weighted by Crippen LogP contribution is -1.97. The second-order valence-electron chi connectivity index (χ2n) is 2.83. The number of benzene rings is 1. The lowest BCUT2D eigenvalue weighted by atomic mass is 10.2. The van der Waals surface area contributed by atoms with E-state index in [9.17, 15) is 0 Å². The number of aromatic nitrogens is 2. The smallest absolute Gasteiger partial charge is 0.105 e. The van der Waals surface area contributed by atoms with Gasteiger partial charge in [-0.25, -0.2) is 4.98 Å². The molecule has 0 aliphatic carbocycles. The van der Waals surface area contributed by atoms with Crippen LogP contribution in [0, 0.1) is 0 Å². The van der Waals surface area contributed by atoms with Crippen LogP contribution in [0.25, 0.3) is 0 Å². The molecule has 1 heterocycles. The second-order valence-corrected chi connectivity index (χ2v) is 3.64. The van der Waals surface area contributed by atoms with E-state index in [-0.39, 0.29) is 0 Å². The van der Waals surface area contributed by atoms with Gasteiger partial charge in [0, 0.05) is 6.54 Å². The van der Waals surface area contributed by atoms with Crippen molar-refractivity contribution in [2.24, 2.45) is 0 Å². The monoisotopic (exact) mass is 236 g/mol. The van der Waals surface area contributed by atoms with Crippen LogP contribution < -0.4 is 0 Å². The van der Waals surface area contributed by atoms with Crippen LogP contribution in [0.2, 0.25) is 0 Å². The van der Waals surface area contributed by atoms with Crippen molar-refractivity contribution in [1.82, 2.24) is 9.55 Å². The van der Waals surface area contributed by atoms with Gasteiger partial charge in [-0.3, -0.25) is 0 Å². The van der Waals surface area contributed by atoms with Crippen LogP contribution in [0.3, 0.4) is 0 Å². The van der Waals surface area contributed by atoms with Gasteiger partial charge in [-0.15, -0.1) is 0 Å². The molecule has 66 valence electrons. The van der Waals surface area contributed by atoms with Gasteiger partial charge < -0.3 is 4.57 Å². The molecule has 2 aromatic rings. The average Bonchev–Trinajstić information content (AvgIpc) is 2.54. The molecule has 0 atom stereocenters. The molecule has 1 aromatic heterocycles. The molecule has 0 spiro atoms. The molecule has 3 heteroatoms. The Hall–Kier alpha value is -1.09. The topological polar surface area (TPSA) is 17.8 Å². The Kier molecular flexibility index (Phi) is 2.45. The second kappa shape index (κ2) is 3.75. The fourth-order valence-corrected chi connectivity index (χ4v) is 1.54. The standard InChI is InChI=1S/C10H9BrN2/c11-10-6-12-8-13(10)7-9-4-2-1-3-5-9/h1-6,8H,7H2. The molecular formula is C10H9BrN2. The van der Waals surface area contributed by atoms with Crippen molar-refractivity contribution in [3.63, 3.8) is 0 Å². The number of nitrogens with zero attached hydrogens (tertiary/aromatic N) is 2. The van der Waals surface area contributed by atoms with Gasteiger partial charge >= 0.3 is 0 Å². The van der Waals surface area contributed by atoms with E-state index in [0.717, 1.165) is 11.1 Å². The van der Waals surface area contributed by atoms with Crippen molar-refractivity contribution >= 4 is 15.9 Å². The number of imidazole rings is 1. The Morgan fingerprint density at radius 1 is 1.23 bits per heavy atom. The lowest BCUT2D eigenvalue weighted by molar-refractivity contribution is 0.780. The predicted octanol–water partition coefficient (Wildman–Crippen LogP) is 2.69. The van der Waals surface area contributed by atoms with Crippen molar-refractivity contribution in [1.29, 1.82) is 0 Å². The van der Waals surface area contributed by atoms with Gasteiger partial charge in [-0.1, -0.05) is 30.3 Å². The summed E-state index contributed by atoms with van der Waals surface area (Å²) in [4.78, 5) is 4.03. The molecule has 0 unspecified atom stereocenters. The Bertz CT molecular complexity index is 381. The first-order valence-electron chi connectivity index (χ1n) is 4.06. The van der Waals surface area contributed by atoms with Crippen LogP contribution in [0.4, 0.5) is 0 Å². The Morgan fingerprint density at radius 3 is 2.62 bits per heavy atom. The third kappa shape index (κ3) is 1.98. The summed E-state index contributed by atoms with van der Waals surface area (Å²) in [6.07, 6.45) is 3.61. The number of hydrogen-bond donors (Lipinski definition) is 0. The molecule has 0 aliphatic heterocycles. The molecule has 13 heavy (non-hydrogen) atoms. The van der Waals surface area contributed by atoms with Crippen molar-refractivity contribution in [2.45, 2.75) is 6.54 Å². The third-order valence-electron chi connectivity index (χ3n) is 1.86. The van der Waals surface area contributed by atoms with Gasteiger partial charge in [0.2, 0.25) is 0 Å². The van der Waals surface area contributed by atoms with Crippen molar-refractivity contribution in [3.8, 4) is 0 Å². The predicted molar refractivity (Wildman–Crippen MR) is 55.5 cm³/mol. The van der Waals surface area contributed by atoms with Crippen LogP contribution in [0.5, 0.6) is 0 Å². The highest BCUT2D eigenvalue weighted by molar-refractivity contribution is 9.10.